The van der Waals surface area contributed by atoms with Gasteiger partial charge in [0.15, 0.2) is 0 Å². The fraction of sp³-hybridized carbons (Fsp3) is 0.417. The molecule has 1 aromatic carbocycles. The lowest BCUT2D eigenvalue weighted by Crippen LogP contribution is -2.23. The second kappa shape index (κ2) is 6.12. The van der Waals surface area contributed by atoms with Crippen molar-refractivity contribution in [1.29, 1.82) is 0 Å². The van der Waals surface area contributed by atoms with Crippen molar-refractivity contribution in [2.75, 3.05) is 26.7 Å². The summed E-state index contributed by atoms with van der Waals surface area (Å²) in [6, 6.07) is 6.44. The quantitative estimate of drug-likeness (QED) is 0.797. The molecule has 4 heteroatoms. The number of carboxylic acid groups (broad SMARTS) is 1. The molecule has 88 valence electrons. The Balaban J connectivity index is 2.40. The first-order valence-corrected chi connectivity index (χ1v) is 5.28. The molecule has 0 amide bonds. The Labute approximate surface area is 95.5 Å². The summed E-state index contributed by atoms with van der Waals surface area (Å²) in [6.45, 7) is 4.54. The van der Waals surface area contributed by atoms with Crippen molar-refractivity contribution in [1.82, 2.24) is 4.90 Å². The topological polar surface area (TPSA) is 49.8 Å². The minimum atomic E-state index is -0.919. The molecule has 0 heterocycles. The third-order valence-corrected chi connectivity index (χ3v) is 2.38. The van der Waals surface area contributed by atoms with Gasteiger partial charge in [-0.15, -0.1) is 0 Å². The van der Waals surface area contributed by atoms with Gasteiger partial charge in [-0.05, 0) is 37.9 Å². The van der Waals surface area contributed by atoms with E-state index in [1.54, 1.807) is 24.3 Å². The molecule has 0 spiro atoms. The van der Waals surface area contributed by atoms with Crippen LogP contribution in [0.15, 0.2) is 24.3 Å². The molecular weight excluding hydrogens is 206 g/mol. The van der Waals surface area contributed by atoms with Gasteiger partial charge < -0.3 is 14.7 Å². The van der Waals surface area contributed by atoms with E-state index >= 15 is 0 Å². The summed E-state index contributed by atoms with van der Waals surface area (Å²) in [5.74, 6) is -0.216. The van der Waals surface area contributed by atoms with Crippen LogP contribution in [0.2, 0.25) is 0 Å². The monoisotopic (exact) mass is 223 g/mol. The number of carboxylic acids is 1. The number of ether oxygens (including phenoxy) is 1. The maximum Gasteiger partial charge on any atom is 0.335 e. The third kappa shape index (κ3) is 3.90. The maximum absolute atomic E-state index is 10.6. The number of hydrogen-bond donors (Lipinski definition) is 1. The van der Waals surface area contributed by atoms with Crippen LogP contribution < -0.4 is 4.74 Å². The molecule has 0 radical (unpaired) electrons. The Morgan fingerprint density at radius 3 is 2.50 bits per heavy atom. The van der Waals surface area contributed by atoms with Crippen LogP contribution in [0.1, 0.15) is 17.3 Å². The Morgan fingerprint density at radius 2 is 2.00 bits per heavy atom. The zero-order valence-electron chi connectivity index (χ0n) is 9.64. The molecule has 0 aromatic heterocycles. The average molecular weight is 223 g/mol. The summed E-state index contributed by atoms with van der Waals surface area (Å²) in [5, 5.41) is 8.71. The first-order chi connectivity index (χ1) is 7.63. The van der Waals surface area contributed by atoms with Crippen molar-refractivity contribution in [2.45, 2.75) is 6.92 Å². The highest BCUT2D eigenvalue weighted by Crippen LogP contribution is 2.11. The van der Waals surface area contributed by atoms with Crippen molar-refractivity contribution in [3.8, 4) is 5.75 Å². The number of aromatic carboxylic acids is 1. The summed E-state index contributed by atoms with van der Waals surface area (Å²) in [5.41, 5.74) is 0.276. The van der Waals surface area contributed by atoms with Gasteiger partial charge >= 0.3 is 5.97 Å². The van der Waals surface area contributed by atoms with Gasteiger partial charge in [0, 0.05) is 6.54 Å². The van der Waals surface area contributed by atoms with Crippen LogP contribution >= 0.6 is 0 Å². The first-order valence-electron chi connectivity index (χ1n) is 5.28. The number of rotatable bonds is 6. The van der Waals surface area contributed by atoms with Gasteiger partial charge in [-0.3, -0.25) is 0 Å². The van der Waals surface area contributed by atoms with E-state index in [9.17, 15) is 4.79 Å². The highest BCUT2D eigenvalue weighted by Gasteiger charge is 2.02. The fourth-order valence-electron chi connectivity index (χ4n) is 1.17. The molecular formula is C12H17NO3. The van der Waals surface area contributed by atoms with E-state index in [-0.39, 0.29) is 5.56 Å². The van der Waals surface area contributed by atoms with Gasteiger partial charge in [0.2, 0.25) is 0 Å². The summed E-state index contributed by atoms with van der Waals surface area (Å²) >= 11 is 0. The lowest BCUT2D eigenvalue weighted by Gasteiger charge is -2.14. The minimum Gasteiger partial charge on any atom is -0.492 e. The van der Waals surface area contributed by atoms with Crippen molar-refractivity contribution >= 4 is 5.97 Å². The van der Waals surface area contributed by atoms with Gasteiger partial charge in [0.1, 0.15) is 12.4 Å². The lowest BCUT2D eigenvalue weighted by molar-refractivity contribution is 0.0697. The fourth-order valence-corrected chi connectivity index (χ4v) is 1.17. The highest BCUT2D eigenvalue weighted by molar-refractivity contribution is 5.87. The molecule has 16 heavy (non-hydrogen) atoms. The normalized spacial score (nSPS) is 10.4. The lowest BCUT2D eigenvalue weighted by atomic mass is 10.2. The van der Waals surface area contributed by atoms with Crippen LogP contribution in [0.25, 0.3) is 0 Å². The van der Waals surface area contributed by atoms with E-state index in [4.69, 9.17) is 9.84 Å². The zero-order chi connectivity index (χ0) is 12.0. The van der Waals surface area contributed by atoms with Crippen molar-refractivity contribution < 1.29 is 14.6 Å². The smallest absolute Gasteiger partial charge is 0.335 e. The molecule has 1 N–H and O–H groups in total. The van der Waals surface area contributed by atoms with Gasteiger partial charge in [0.25, 0.3) is 0 Å². The van der Waals surface area contributed by atoms with E-state index in [2.05, 4.69) is 11.8 Å². The number of benzene rings is 1. The Kier molecular flexibility index (Phi) is 4.79. The first kappa shape index (κ1) is 12.5. The zero-order valence-corrected chi connectivity index (χ0v) is 9.64. The molecule has 0 aliphatic heterocycles. The summed E-state index contributed by atoms with van der Waals surface area (Å²) < 4.78 is 5.48. The summed E-state index contributed by atoms with van der Waals surface area (Å²) in [4.78, 5) is 12.8. The molecule has 0 atom stereocenters. The van der Waals surface area contributed by atoms with Gasteiger partial charge in [-0.25, -0.2) is 4.79 Å². The van der Waals surface area contributed by atoms with Gasteiger partial charge in [0.05, 0.1) is 5.56 Å². The Hall–Kier alpha value is -1.55. The summed E-state index contributed by atoms with van der Waals surface area (Å²) in [7, 11) is 2.02. The molecule has 0 aliphatic carbocycles. The Morgan fingerprint density at radius 1 is 1.38 bits per heavy atom. The summed E-state index contributed by atoms with van der Waals surface area (Å²) in [6.07, 6.45) is 0. The van der Waals surface area contributed by atoms with E-state index < -0.39 is 5.97 Å². The molecule has 0 unspecified atom stereocenters. The standard InChI is InChI=1S/C12H17NO3/c1-3-13(2)8-9-16-11-6-4-10(5-7-11)12(14)15/h4-7H,3,8-9H2,1-2H3,(H,14,15). The molecule has 0 saturated heterocycles. The van der Waals surface area contributed by atoms with E-state index in [1.807, 2.05) is 7.05 Å². The predicted octanol–water partition coefficient (Wildman–Crippen LogP) is 1.72. The number of likely N-dealkylation sites (N-methyl/N-ethyl adjacent to an activating group) is 1. The molecule has 4 nitrogen and oxygen atoms in total. The van der Waals surface area contributed by atoms with Gasteiger partial charge in [-0.1, -0.05) is 6.92 Å². The Bertz CT molecular complexity index is 335. The number of carbonyl (C=O) groups is 1. The van der Waals surface area contributed by atoms with Crippen LogP contribution in [-0.4, -0.2) is 42.7 Å². The van der Waals surface area contributed by atoms with Crippen LogP contribution in [0, 0.1) is 0 Å². The number of hydrogen-bond acceptors (Lipinski definition) is 3. The molecule has 0 aliphatic rings. The predicted molar refractivity (Wildman–Crippen MR) is 62.1 cm³/mol. The highest BCUT2D eigenvalue weighted by atomic mass is 16.5. The molecule has 1 aromatic rings. The molecule has 0 saturated carbocycles. The molecule has 0 fully saturated rings. The minimum absolute atomic E-state index is 0.276. The molecule has 1 rings (SSSR count). The van der Waals surface area contributed by atoms with Crippen molar-refractivity contribution in [3.05, 3.63) is 29.8 Å². The van der Waals surface area contributed by atoms with E-state index in [0.29, 0.717) is 12.4 Å². The van der Waals surface area contributed by atoms with E-state index in [0.717, 1.165) is 13.1 Å². The second-order valence-electron chi connectivity index (χ2n) is 3.57. The second-order valence-corrected chi connectivity index (χ2v) is 3.57. The van der Waals surface area contributed by atoms with Crippen molar-refractivity contribution in [3.63, 3.8) is 0 Å². The van der Waals surface area contributed by atoms with E-state index in [1.165, 1.54) is 0 Å². The van der Waals surface area contributed by atoms with Gasteiger partial charge in [-0.2, -0.15) is 0 Å². The number of nitrogens with zero attached hydrogens (tertiary/aromatic N) is 1. The average Bonchev–Trinajstić information content (AvgIpc) is 2.29. The SMILES string of the molecule is CCN(C)CCOc1ccc(C(=O)O)cc1. The largest absolute Gasteiger partial charge is 0.492 e. The van der Waals surface area contributed by atoms with Crippen LogP contribution in [0.5, 0.6) is 5.75 Å². The van der Waals surface area contributed by atoms with Crippen LogP contribution in [0.4, 0.5) is 0 Å². The van der Waals surface area contributed by atoms with Crippen molar-refractivity contribution in [2.24, 2.45) is 0 Å². The molecule has 0 bridgehead atoms. The van der Waals surface area contributed by atoms with Crippen LogP contribution in [-0.2, 0) is 0 Å². The third-order valence-electron chi connectivity index (χ3n) is 2.38. The van der Waals surface area contributed by atoms with Crippen LogP contribution in [0.3, 0.4) is 0 Å². The maximum atomic E-state index is 10.6.